The van der Waals surface area contributed by atoms with Gasteiger partial charge in [-0.2, -0.15) is 5.10 Å². The molecule has 0 fully saturated rings. The molecule has 21 heavy (non-hydrogen) atoms. The van der Waals surface area contributed by atoms with Crippen LogP contribution < -0.4 is 5.73 Å². The zero-order valence-electron chi connectivity index (χ0n) is 12.6. The SMILES string of the molecule is C=C(C)Cn1nc(-c2ccc(CCC)cc2)c(C=O)c1N. The molecule has 1 heterocycles. The van der Waals surface area contributed by atoms with E-state index in [1.807, 2.05) is 19.1 Å². The Kier molecular flexibility index (Phi) is 4.58. The number of carbonyl (C=O) groups excluding carboxylic acids is 1. The largest absolute Gasteiger partial charge is 0.383 e. The number of rotatable bonds is 6. The minimum Gasteiger partial charge on any atom is -0.383 e. The molecule has 0 saturated heterocycles. The van der Waals surface area contributed by atoms with Crippen LogP contribution in [0.2, 0.25) is 0 Å². The van der Waals surface area contributed by atoms with Crippen LogP contribution >= 0.6 is 0 Å². The molecule has 2 aromatic rings. The molecular weight excluding hydrogens is 262 g/mol. The summed E-state index contributed by atoms with van der Waals surface area (Å²) in [6, 6.07) is 8.12. The Morgan fingerprint density at radius 3 is 2.57 bits per heavy atom. The lowest BCUT2D eigenvalue weighted by Crippen LogP contribution is -2.05. The second-order valence-corrected chi connectivity index (χ2v) is 5.33. The Bertz CT molecular complexity index is 653. The van der Waals surface area contributed by atoms with E-state index < -0.39 is 0 Å². The van der Waals surface area contributed by atoms with Crippen LogP contribution in [0.25, 0.3) is 11.3 Å². The summed E-state index contributed by atoms with van der Waals surface area (Å²) in [5.41, 5.74) is 10.2. The van der Waals surface area contributed by atoms with Gasteiger partial charge in [0.2, 0.25) is 0 Å². The first kappa shape index (κ1) is 15.0. The maximum Gasteiger partial charge on any atom is 0.156 e. The van der Waals surface area contributed by atoms with Gasteiger partial charge < -0.3 is 5.73 Å². The monoisotopic (exact) mass is 283 g/mol. The first-order valence-corrected chi connectivity index (χ1v) is 7.12. The van der Waals surface area contributed by atoms with E-state index >= 15 is 0 Å². The maximum atomic E-state index is 11.3. The number of aromatic nitrogens is 2. The molecular formula is C17H21N3O. The van der Waals surface area contributed by atoms with E-state index in [2.05, 4.69) is 30.7 Å². The number of aryl methyl sites for hydroxylation is 1. The second-order valence-electron chi connectivity index (χ2n) is 5.33. The van der Waals surface area contributed by atoms with Crippen LogP contribution in [-0.2, 0) is 13.0 Å². The number of hydrogen-bond acceptors (Lipinski definition) is 3. The highest BCUT2D eigenvalue weighted by Crippen LogP contribution is 2.26. The van der Waals surface area contributed by atoms with Crippen molar-refractivity contribution in [3.63, 3.8) is 0 Å². The molecule has 110 valence electrons. The Morgan fingerprint density at radius 1 is 1.38 bits per heavy atom. The van der Waals surface area contributed by atoms with Crippen molar-refractivity contribution in [3.05, 3.63) is 47.5 Å². The summed E-state index contributed by atoms with van der Waals surface area (Å²) < 4.78 is 1.63. The molecule has 0 amide bonds. The molecule has 0 spiro atoms. The lowest BCUT2D eigenvalue weighted by atomic mass is 10.0. The molecule has 2 rings (SSSR count). The van der Waals surface area contributed by atoms with E-state index in [0.29, 0.717) is 23.6 Å². The van der Waals surface area contributed by atoms with Gasteiger partial charge in [-0.3, -0.25) is 4.79 Å². The van der Waals surface area contributed by atoms with Gasteiger partial charge in [-0.1, -0.05) is 49.8 Å². The smallest absolute Gasteiger partial charge is 0.156 e. The fourth-order valence-corrected chi connectivity index (χ4v) is 2.31. The quantitative estimate of drug-likeness (QED) is 0.652. The minimum atomic E-state index is 0.389. The van der Waals surface area contributed by atoms with Crippen LogP contribution in [0.1, 0.15) is 36.2 Å². The summed E-state index contributed by atoms with van der Waals surface area (Å²) in [6.45, 7) is 8.43. The molecule has 0 saturated carbocycles. The van der Waals surface area contributed by atoms with Crippen LogP contribution in [0.3, 0.4) is 0 Å². The third-order valence-corrected chi connectivity index (χ3v) is 3.33. The van der Waals surface area contributed by atoms with Gasteiger partial charge in [-0.05, 0) is 18.9 Å². The van der Waals surface area contributed by atoms with Gasteiger partial charge in [0.25, 0.3) is 0 Å². The lowest BCUT2D eigenvalue weighted by Gasteiger charge is -2.02. The van der Waals surface area contributed by atoms with Gasteiger partial charge in [0.15, 0.2) is 6.29 Å². The van der Waals surface area contributed by atoms with Crippen molar-refractivity contribution in [2.45, 2.75) is 33.2 Å². The van der Waals surface area contributed by atoms with Crippen molar-refractivity contribution < 1.29 is 4.79 Å². The standard InChI is InChI=1S/C17H21N3O/c1-4-5-13-6-8-14(9-7-13)16-15(11-21)17(18)20(19-16)10-12(2)3/h6-9,11H,2,4-5,10,18H2,1,3H3. The predicted octanol–water partition coefficient (Wildman–Crippen LogP) is 3.47. The van der Waals surface area contributed by atoms with Gasteiger partial charge in [-0.15, -0.1) is 0 Å². The zero-order chi connectivity index (χ0) is 15.4. The van der Waals surface area contributed by atoms with E-state index in [9.17, 15) is 4.79 Å². The summed E-state index contributed by atoms with van der Waals surface area (Å²) in [4.78, 5) is 11.3. The van der Waals surface area contributed by atoms with Crippen LogP contribution in [0.4, 0.5) is 5.82 Å². The van der Waals surface area contributed by atoms with Crippen molar-refractivity contribution in [3.8, 4) is 11.3 Å². The molecule has 0 aliphatic rings. The van der Waals surface area contributed by atoms with Crippen molar-refractivity contribution in [1.29, 1.82) is 0 Å². The number of hydrogen-bond donors (Lipinski definition) is 1. The lowest BCUT2D eigenvalue weighted by molar-refractivity contribution is 0.112. The molecule has 0 aliphatic heterocycles. The Balaban J connectivity index is 2.42. The fraction of sp³-hybridized carbons (Fsp3) is 0.294. The molecule has 4 heteroatoms. The van der Waals surface area contributed by atoms with E-state index in [0.717, 1.165) is 30.3 Å². The number of nitrogen functional groups attached to an aromatic ring is 1. The highest BCUT2D eigenvalue weighted by molar-refractivity contribution is 5.91. The molecule has 4 nitrogen and oxygen atoms in total. The van der Waals surface area contributed by atoms with Crippen molar-refractivity contribution in [1.82, 2.24) is 9.78 Å². The Labute approximate surface area is 125 Å². The predicted molar refractivity (Wildman–Crippen MR) is 86.3 cm³/mol. The van der Waals surface area contributed by atoms with Crippen molar-refractivity contribution >= 4 is 12.1 Å². The van der Waals surface area contributed by atoms with Crippen molar-refractivity contribution in [2.75, 3.05) is 5.73 Å². The van der Waals surface area contributed by atoms with Crippen LogP contribution in [0.5, 0.6) is 0 Å². The van der Waals surface area contributed by atoms with Crippen LogP contribution in [-0.4, -0.2) is 16.1 Å². The van der Waals surface area contributed by atoms with Crippen LogP contribution in [0.15, 0.2) is 36.4 Å². The summed E-state index contributed by atoms with van der Waals surface area (Å²) in [5, 5.41) is 4.47. The van der Waals surface area contributed by atoms with Gasteiger partial charge in [-0.25, -0.2) is 4.68 Å². The maximum absolute atomic E-state index is 11.3. The highest BCUT2D eigenvalue weighted by atomic mass is 16.1. The molecule has 0 unspecified atom stereocenters. The number of allylic oxidation sites excluding steroid dienone is 1. The molecule has 0 atom stereocenters. The second kappa shape index (κ2) is 6.39. The van der Waals surface area contributed by atoms with E-state index in [1.54, 1.807) is 4.68 Å². The molecule has 1 aromatic carbocycles. The number of carbonyl (C=O) groups is 1. The molecule has 0 radical (unpaired) electrons. The highest BCUT2D eigenvalue weighted by Gasteiger charge is 2.16. The average molecular weight is 283 g/mol. The third kappa shape index (κ3) is 3.21. The fourth-order valence-electron chi connectivity index (χ4n) is 2.31. The molecule has 2 N–H and O–H groups in total. The Morgan fingerprint density at radius 2 is 2.05 bits per heavy atom. The first-order chi connectivity index (χ1) is 10.1. The van der Waals surface area contributed by atoms with E-state index in [1.165, 1.54) is 5.56 Å². The number of aldehydes is 1. The zero-order valence-corrected chi connectivity index (χ0v) is 12.6. The van der Waals surface area contributed by atoms with Gasteiger partial charge in [0.1, 0.15) is 11.5 Å². The normalized spacial score (nSPS) is 10.6. The molecule has 0 aliphatic carbocycles. The van der Waals surface area contributed by atoms with Crippen LogP contribution in [0, 0.1) is 0 Å². The van der Waals surface area contributed by atoms with Crippen molar-refractivity contribution in [2.24, 2.45) is 0 Å². The number of nitrogens with zero attached hydrogens (tertiary/aromatic N) is 2. The summed E-state index contributed by atoms with van der Waals surface area (Å²) in [6.07, 6.45) is 2.93. The van der Waals surface area contributed by atoms with E-state index in [-0.39, 0.29) is 0 Å². The molecule has 1 aromatic heterocycles. The van der Waals surface area contributed by atoms with E-state index in [4.69, 9.17) is 5.73 Å². The molecule has 0 bridgehead atoms. The van der Waals surface area contributed by atoms with Gasteiger partial charge >= 0.3 is 0 Å². The van der Waals surface area contributed by atoms with Gasteiger partial charge in [0, 0.05) is 5.56 Å². The average Bonchev–Trinajstić information content (AvgIpc) is 2.76. The third-order valence-electron chi connectivity index (χ3n) is 3.33. The summed E-state index contributed by atoms with van der Waals surface area (Å²) in [7, 11) is 0. The minimum absolute atomic E-state index is 0.389. The summed E-state index contributed by atoms with van der Waals surface area (Å²) in [5.74, 6) is 0.389. The Hall–Kier alpha value is -2.36. The number of anilines is 1. The number of benzene rings is 1. The van der Waals surface area contributed by atoms with Gasteiger partial charge in [0.05, 0.1) is 12.1 Å². The number of nitrogens with two attached hydrogens (primary N) is 1. The first-order valence-electron chi connectivity index (χ1n) is 7.12. The summed E-state index contributed by atoms with van der Waals surface area (Å²) >= 11 is 0. The topological polar surface area (TPSA) is 60.9 Å².